The molecule has 2 atom stereocenters. The average Bonchev–Trinajstić information content (AvgIpc) is 3.51. The van der Waals surface area contributed by atoms with Crippen molar-refractivity contribution in [1.29, 1.82) is 0 Å². The molecule has 0 saturated carbocycles. The highest BCUT2D eigenvalue weighted by Crippen LogP contribution is 2.41. The van der Waals surface area contributed by atoms with Crippen molar-refractivity contribution < 1.29 is 13.9 Å². The third kappa shape index (κ3) is 3.35. The highest BCUT2D eigenvalue weighted by molar-refractivity contribution is 5.98. The Bertz CT molecular complexity index is 1180. The minimum Gasteiger partial charge on any atom is -0.479 e. The fourth-order valence-corrected chi connectivity index (χ4v) is 4.39. The van der Waals surface area contributed by atoms with Crippen LogP contribution in [0, 0.1) is 24.6 Å². The predicted molar refractivity (Wildman–Crippen MR) is 110 cm³/mol. The first-order chi connectivity index (χ1) is 15.0. The first-order valence-electron chi connectivity index (χ1n) is 10.1. The number of aromatic nitrogens is 5. The first-order valence-corrected chi connectivity index (χ1v) is 10.1. The fraction of sp³-hybridized carbons (Fsp3) is 0.318. The lowest BCUT2D eigenvalue weighted by molar-refractivity contribution is 0.0784. The molecule has 0 N–H and O–H groups in total. The van der Waals surface area contributed by atoms with Crippen molar-refractivity contribution in [2.24, 2.45) is 11.8 Å². The van der Waals surface area contributed by atoms with Gasteiger partial charge in [0.2, 0.25) is 5.82 Å². The van der Waals surface area contributed by atoms with Crippen molar-refractivity contribution in [2.75, 3.05) is 20.2 Å². The molecule has 1 saturated heterocycles. The molecule has 1 aromatic carbocycles. The maximum Gasteiger partial charge on any atom is 0.256 e. The molecule has 5 rings (SSSR count). The third-order valence-electron chi connectivity index (χ3n) is 5.91. The molecule has 2 aliphatic rings. The Morgan fingerprint density at radius 2 is 1.94 bits per heavy atom. The number of likely N-dealkylation sites (tertiary alicyclic amines) is 1. The largest absolute Gasteiger partial charge is 0.479 e. The van der Waals surface area contributed by atoms with Crippen molar-refractivity contribution in [3.05, 3.63) is 65.6 Å². The van der Waals surface area contributed by atoms with Gasteiger partial charge in [-0.25, -0.2) is 4.98 Å². The van der Waals surface area contributed by atoms with Crippen LogP contribution < -0.4 is 4.74 Å². The summed E-state index contributed by atoms with van der Waals surface area (Å²) in [6.45, 7) is 2.86. The van der Waals surface area contributed by atoms with Gasteiger partial charge in [0.15, 0.2) is 5.82 Å². The van der Waals surface area contributed by atoms with Gasteiger partial charge in [0.05, 0.1) is 36.4 Å². The quantitative estimate of drug-likeness (QED) is 0.645. The number of benzene rings is 1. The molecule has 1 aliphatic heterocycles. The second-order valence-corrected chi connectivity index (χ2v) is 7.82. The summed E-state index contributed by atoms with van der Waals surface area (Å²) in [6.07, 6.45) is 6.03. The first kappa shape index (κ1) is 19.3. The van der Waals surface area contributed by atoms with E-state index in [4.69, 9.17) is 4.74 Å². The topological polar surface area (TPSA) is 86.0 Å². The summed E-state index contributed by atoms with van der Waals surface area (Å²) < 4.78 is 19.1. The highest BCUT2D eigenvalue weighted by atomic mass is 19.1. The number of carbonyl (C=O) groups excluding carboxylic acids is 1. The van der Waals surface area contributed by atoms with E-state index in [2.05, 4.69) is 26.2 Å². The van der Waals surface area contributed by atoms with Crippen LogP contribution in [0.1, 0.15) is 28.3 Å². The molecule has 8 nitrogen and oxygen atoms in total. The van der Waals surface area contributed by atoms with Crippen molar-refractivity contribution >= 4 is 11.5 Å². The summed E-state index contributed by atoms with van der Waals surface area (Å²) in [5.41, 5.74) is 2.48. The van der Waals surface area contributed by atoms with Crippen LogP contribution >= 0.6 is 0 Å². The third-order valence-corrected chi connectivity index (χ3v) is 5.91. The molecule has 0 bridgehead atoms. The summed E-state index contributed by atoms with van der Waals surface area (Å²) in [5.74, 6) is 0.391. The number of rotatable bonds is 4. The Labute approximate surface area is 178 Å². The van der Waals surface area contributed by atoms with Gasteiger partial charge in [0.25, 0.3) is 11.8 Å². The van der Waals surface area contributed by atoms with Gasteiger partial charge in [-0.2, -0.15) is 24.4 Å². The zero-order valence-corrected chi connectivity index (χ0v) is 17.2. The highest BCUT2D eigenvalue weighted by Gasteiger charge is 2.40. The normalized spacial score (nSPS) is 20.0. The lowest BCUT2D eigenvalue weighted by Crippen LogP contribution is -2.30. The van der Waals surface area contributed by atoms with Gasteiger partial charge in [-0.1, -0.05) is 18.2 Å². The number of nitrogens with zero attached hydrogens (tertiary/aromatic N) is 6. The number of methoxy groups -OCH3 is 1. The van der Waals surface area contributed by atoms with E-state index >= 15 is 0 Å². The standard InChI is InChI=1S/C22H21FN6O2/c1-13-19(23)21(31-2)27-20(26-13)14-9-15-11-28(12-16(15)10-14)22(30)17-5-3-4-6-18(17)29-24-7-8-25-29/h3-9,15-16H,10-12H2,1-2H3. The number of fused-ring (bicyclic) bond motifs is 1. The molecule has 3 aromatic rings. The molecule has 31 heavy (non-hydrogen) atoms. The van der Waals surface area contributed by atoms with E-state index in [1.165, 1.54) is 11.9 Å². The van der Waals surface area contributed by atoms with Crippen LogP contribution in [0.15, 0.2) is 42.7 Å². The summed E-state index contributed by atoms with van der Waals surface area (Å²) in [7, 11) is 1.40. The number of halogens is 1. The van der Waals surface area contributed by atoms with Crippen LogP contribution in [-0.2, 0) is 0 Å². The SMILES string of the molecule is COc1nc(C2=CC3CN(C(=O)c4ccccc4-n4nccn4)CC3C2)nc(C)c1F. The molecule has 1 aliphatic carbocycles. The van der Waals surface area contributed by atoms with Gasteiger partial charge in [-0.05, 0) is 42.9 Å². The maximum atomic E-state index is 14.0. The smallest absolute Gasteiger partial charge is 0.256 e. The van der Waals surface area contributed by atoms with Gasteiger partial charge in [0, 0.05) is 13.1 Å². The van der Waals surface area contributed by atoms with E-state index in [0.717, 1.165) is 12.0 Å². The Hall–Kier alpha value is -3.62. The van der Waals surface area contributed by atoms with Gasteiger partial charge < -0.3 is 9.64 Å². The van der Waals surface area contributed by atoms with Crippen LogP contribution in [0.4, 0.5) is 4.39 Å². The van der Waals surface area contributed by atoms with E-state index in [9.17, 15) is 9.18 Å². The average molecular weight is 420 g/mol. The van der Waals surface area contributed by atoms with Crippen molar-refractivity contribution in [1.82, 2.24) is 29.9 Å². The van der Waals surface area contributed by atoms with Gasteiger partial charge in [-0.15, -0.1) is 0 Å². The maximum absolute atomic E-state index is 14.0. The minimum absolute atomic E-state index is 0.0344. The number of allylic oxidation sites excluding steroid dienone is 1. The Morgan fingerprint density at radius 1 is 1.16 bits per heavy atom. The zero-order valence-electron chi connectivity index (χ0n) is 17.2. The number of carbonyl (C=O) groups is 1. The second kappa shape index (κ2) is 7.57. The molecule has 2 aromatic heterocycles. The van der Waals surface area contributed by atoms with E-state index in [1.807, 2.05) is 23.1 Å². The molecule has 1 fully saturated rings. The summed E-state index contributed by atoms with van der Waals surface area (Å²) in [5, 5.41) is 8.32. The number of para-hydroxylation sites is 1. The molecule has 1 amide bonds. The van der Waals surface area contributed by atoms with Gasteiger partial charge in [0.1, 0.15) is 0 Å². The van der Waals surface area contributed by atoms with Crippen LogP contribution in [0.5, 0.6) is 5.88 Å². The van der Waals surface area contributed by atoms with Gasteiger partial charge in [-0.3, -0.25) is 4.79 Å². The minimum atomic E-state index is -0.535. The number of hydrogen-bond donors (Lipinski definition) is 0. The van der Waals surface area contributed by atoms with Crippen LogP contribution in [0.3, 0.4) is 0 Å². The van der Waals surface area contributed by atoms with Crippen molar-refractivity contribution in [3.8, 4) is 11.6 Å². The molecule has 2 unspecified atom stereocenters. The summed E-state index contributed by atoms with van der Waals surface area (Å²) in [4.78, 5) is 25.1. The molecular weight excluding hydrogens is 399 g/mol. The lowest BCUT2D eigenvalue weighted by Gasteiger charge is -2.19. The van der Waals surface area contributed by atoms with Crippen LogP contribution in [0.2, 0.25) is 0 Å². The van der Waals surface area contributed by atoms with E-state index in [-0.39, 0.29) is 29.3 Å². The Morgan fingerprint density at radius 3 is 2.68 bits per heavy atom. The van der Waals surface area contributed by atoms with Crippen LogP contribution in [0.25, 0.3) is 11.3 Å². The second-order valence-electron chi connectivity index (χ2n) is 7.82. The number of ether oxygens (including phenoxy) is 1. The molecule has 0 radical (unpaired) electrons. The lowest BCUT2D eigenvalue weighted by atomic mass is 10.00. The number of aryl methyl sites for hydroxylation is 1. The zero-order chi connectivity index (χ0) is 21.5. The fourth-order valence-electron chi connectivity index (χ4n) is 4.39. The molecule has 0 spiro atoms. The number of hydrogen-bond acceptors (Lipinski definition) is 6. The van der Waals surface area contributed by atoms with E-state index < -0.39 is 5.82 Å². The molecule has 158 valence electrons. The molecule has 3 heterocycles. The van der Waals surface area contributed by atoms with Crippen molar-refractivity contribution in [2.45, 2.75) is 13.3 Å². The monoisotopic (exact) mass is 420 g/mol. The number of amides is 1. The Balaban J connectivity index is 1.36. The molecular formula is C22H21FN6O2. The predicted octanol–water partition coefficient (Wildman–Crippen LogP) is 2.69. The van der Waals surface area contributed by atoms with E-state index in [0.29, 0.717) is 30.2 Å². The van der Waals surface area contributed by atoms with Crippen LogP contribution in [-0.4, -0.2) is 56.0 Å². The van der Waals surface area contributed by atoms with Gasteiger partial charge >= 0.3 is 0 Å². The Kier molecular flexibility index (Phi) is 4.72. The van der Waals surface area contributed by atoms with Crippen molar-refractivity contribution in [3.63, 3.8) is 0 Å². The van der Waals surface area contributed by atoms with E-state index in [1.54, 1.807) is 25.4 Å². The molecule has 9 heteroatoms. The summed E-state index contributed by atoms with van der Waals surface area (Å²) >= 11 is 0. The summed E-state index contributed by atoms with van der Waals surface area (Å²) in [6, 6.07) is 7.35.